The van der Waals surface area contributed by atoms with Crippen LogP contribution in [0.5, 0.6) is 0 Å². The number of nitrogens with zero attached hydrogens (tertiary/aromatic N) is 3. The van der Waals surface area contributed by atoms with Crippen LogP contribution < -0.4 is 0 Å². The third-order valence-electron chi connectivity index (χ3n) is 10.5. The second kappa shape index (κ2) is 13.3. The van der Waals surface area contributed by atoms with E-state index in [1.165, 1.54) is 36.9 Å². The summed E-state index contributed by atoms with van der Waals surface area (Å²) in [7, 11) is 0. The van der Waals surface area contributed by atoms with Gasteiger partial charge in [0.15, 0.2) is 17.5 Å². The summed E-state index contributed by atoms with van der Waals surface area (Å²) in [5.41, 5.74) is 11.4. The summed E-state index contributed by atoms with van der Waals surface area (Å²) in [4.78, 5) is 15.1. The van der Waals surface area contributed by atoms with E-state index in [0.717, 1.165) is 55.3 Å². The van der Waals surface area contributed by atoms with Gasteiger partial charge in [0.05, 0.1) is 0 Å². The number of hydrogen-bond donors (Lipinski definition) is 0. The molecule has 0 spiro atoms. The van der Waals surface area contributed by atoms with E-state index >= 15 is 0 Å². The zero-order valence-corrected chi connectivity index (χ0v) is 30.9. The third-order valence-corrected chi connectivity index (χ3v) is 11.8. The van der Waals surface area contributed by atoms with Gasteiger partial charge in [-0.15, -0.1) is 11.3 Å². The first-order valence-corrected chi connectivity index (χ1v) is 19.5. The van der Waals surface area contributed by atoms with E-state index in [2.05, 4.69) is 152 Å². The number of benzene rings is 8. The van der Waals surface area contributed by atoms with Crippen LogP contribution in [0.15, 0.2) is 192 Å². The summed E-state index contributed by atoms with van der Waals surface area (Å²) >= 11 is 1.86. The maximum Gasteiger partial charge on any atom is 0.164 e. The van der Waals surface area contributed by atoms with E-state index in [1.54, 1.807) is 0 Å². The molecule has 0 saturated carbocycles. The summed E-state index contributed by atoms with van der Waals surface area (Å²) < 4.78 is 9.12. The molecule has 0 amide bonds. The van der Waals surface area contributed by atoms with Crippen molar-refractivity contribution in [2.45, 2.75) is 0 Å². The first-order chi connectivity index (χ1) is 27.7. The molecule has 11 rings (SSSR count). The Morgan fingerprint density at radius 1 is 0.339 bits per heavy atom. The van der Waals surface area contributed by atoms with Crippen molar-refractivity contribution in [3.05, 3.63) is 188 Å². The van der Waals surface area contributed by atoms with Crippen LogP contribution >= 0.6 is 11.3 Å². The normalized spacial score (nSPS) is 11.6. The van der Waals surface area contributed by atoms with Crippen molar-refractivity contribution in [3.63, 3.8) is 0 Å². The van der Waals surface area contributed by atoms with Crippen LogP contribution in [-0.4, -0.2) is 15.0 Å². The van der Waals surface area contributed by atoms with Crippen molar-refractivity contribution in [1.29, 1.82) is 0 Å². The van der Waals surface area contributed by atoms with Gasteiger partial charge in [0.25, 0.3) is 0 Å². The van der Waals surface area contributed by atoms with Gasteiger partial charge < -0.3 is 4.42 Å². The molecule has 0 aliphatic heterocycles. The van der Waals surface area contributed by atoms with Crippen molar-refractivity contribution in [3.8, 4) is 67.5 Å². The minimum absolute atomic E-state index is 0.590. The molecular formula is C51H31N3OS. The van der Waals surface area contributed by atoms with Crippen molar-refractivity contribution < 1.29 is 4.42 Å². The Morgan fingerprint density at radius 3 is 1.70 bits per heavy atom. The molecule has 8 aromatic carbocycles. The summed E-state index contributed by atoms with van der Waals surface area (Å²) in [6, 6.07) is 65.6. The highest BCUT2D eigenvalue weighted by Crippen LogP contribution is 2.45. The van der Waals surface area contributed by atoms with Crippen molar-refractivity contribution >= 4 is 53.4 Å². The molecule has 4 nitrogen and oxygen atoms in total. The molecule has 0 bridgehead atoms. The smallest absolute Gasteiger partial charge is 0.164 e. The second-order valence-electron chi connectivity index (χ2n) is 14.0. The number of rotatable bonds is 6. The first kappa shape index (κ1) is 32.2. The number of furan rings is 1. The molecule has 5 heteroatoms. The molecule has 3 aromatic heterocycles. The highest BCUT2D eigenvalue weighted by Gasteiger charge is 2.18. The molecule has 0 saturated heterocycles. The van der Waals surface area contributed by atoms with Crippen LogP contribution in [0.4, 0.5) is 0 Å². The van der Waals surface area contributed by atoms with E-state index < -0.39 is 0 Å². The van der Waals surface area contributed by atoms with Gasteiger partial charge >= 0.3 is 0 Å². The van der Waals surface area contributed by atoms with Gasteiger partial charge in [-0.05, 0) is 69.8 Å². The Hall–Kier alpha value is -7.21. The topological polar surface area (TPSA) is 51.8 Å². The van der Waals surface area contributed by atoms with E-state index in [-0.39, 0.29) is 0 Å². The fourth-order valence-electron chi connectivity index (χ4n) is 7.82. The standard InChI is InChI=1S/C51H31N3OS/c1-4-13-32(14-5-1)35-19-12-20-37(29-35)50-52-49(34-17-8-3-9-18-34)53-51(54-50)38-23-25-41-43-30-36(24-28-44(43)55-45(41)31-38)40-27-26-39(33-15-6-2-7-16-33)47-42-21-10-11-22-46(42)56-48(40)47/h1-31H. The van der Waals surface area contributed by atoms with E-state index in [4.69, 9.17) is 19.4 Å². The largest absolute Gasteiger partial charge is 0.456 e. The number of aromatic nitrogens is 3. The maximum absolute atomic E-state index is 6.54. The van der Waals surface area contributed by atoms with Gasteiger partial charge in [0.2, 0.25) is 0 Å². The van der Waals surface area contributed by atoms with Gasteiger partial charge in [-0.1, -0.05) is 152 Å². The fourth-order valence-corrected chi connectivity index (χ4v) is 9.08. The molecular weight excluding hydrogens is 703 g/mol. The van der Waals surface area contributed by atoms with E-state index in [9.17, 15) is 0 Å². The molecule has 0 aliphatic carbocycles. The number of fused-ring (bicyclic) bond motifs is 6. The molecule has 3 heterocycles. The van der Waals surface area contributed by atoms with Gasteiger partial charge in [0.1, 0.15) is 11.2 Å². The Labute approximate surface area is 327 Å². The molecule has 0 fully saturated rings. The summed E-state index contributed by atoms with van der Waals surface area (Å²) in [5, 5.41) is 4.71. The van der Waals surface area contributed by atoms with Crippen molar-refractivity contribution in [2.24, 2.45) is 0 Å². The van der Waals surface area contributed by atoms with Crippen LogP contribution in [0.3, 0.4) is 0 Å². The monoisotopic (exact) mass is 733 g/mol. The van der Waals surface area contributed by atoms with Crippen LogP contribution in [-0.2, 0) is 0 Å². The van der Waals surface area contributed by atoms with Crippen LogP contribution in [0.25, 0.3) is 110 Å². The van der Waals surface area contributed by atoms with Crippen molar-refractivity contribution in [1.82, 2.24) is 15.0 Å². The summed E-state index contributed by atoms with van der Waals surface area (Å²) in [6.45, 7) is 0. The minimum Gasteiger partial charge on any atom is -0.456 e. The lowest BCUT2D eigenvalue weighted by molar-refractivity contribution is 0.669. The quantitative estimate of drug-likeness (QED) is 0.171. The number of hydrogen-bond acceptors (Lipinski definition) is 5. The number of thiophene rings is 1. The zero-order valence-electron chi connectivity index (χ0n) is 30.1. The van der Waals surface area contributed by atoms with Gasteiger partial charge in [-0.2, -0.15) is 0 Å². The summed E-state index contributed by atoms with van der Waals surface area (Å²) in [6.07, 6.45) is 0. The second-order valence-corrected chi connectivity index (χ2v) is 15.0. The molecule has 56 heavy (non-hydrogen) atoms. The lowest BCUT2D eigenvalue weighted by Gasteiger charge is -2.10. The maximum atomic E-state index is 6.54. The van der Waals surface area contributed by atoms with Gasteiger partial charge in [-0.25, -0.2) is 15.0 Å². The Bertz CT molecular complexity index is 3240. The van der Waals surface area contributed by atoms with Gasteiger partial charge in [-0.3, -0.25) is 0 Å². The lowest BCUT2D eigenvalue weighted by Crippen LogP contribution is -2.00. The lowest BCUT2D eigenvalue weighted by atomic mass is 9.94. The Kier molecular flexibility index (Phi) is 7.64. The molecule has 0 N–H and O–H groups in total. The van der Waals surface area contributed by atoms with Crippen LogP contribution in [0.1, 0.15) is 0 Å². The molecule has 11 aromatic rings. The van der Waals surface area contributed by atoms with Crippen molar-refractivity contribution in [2.75, 3.05) is 0 Å². The predicted molar refractivity (Wildman–Crippen MR) is 233 cm³/mol. The zero-order chi connectivity index (χ0) is 37.0. The molecule has 262 valence electrons. The predicted octanol–water partition coefficient (Wildman–Crippen LogP) is 14.1. The van der Waals surface area contributed by atoms with Crippen LogP contribution in [0, 0.1) is 0 Å². The molecule has 0 unspecified atom stereocenters. The average molecular weight is 734 g/mol. The minimum atomic E-state index is 0.590. The van der Waals surface area contributed by atoms with E-state index in [1.807, 2.05) is 47.7 Å². The summed E-state index contributed by atoms with van der Waals surface area (Å²) in [5.74, 6) is 1.83. The fraction of sp³-hybridized carbons (Fsp3) is 0. The SMILES string of the molecule is c1ccc(-c2cccc(-c3nc(-c4ccccc4)nc(-c4ccc5c(c4)oc4ccc(-c6ccc(-c7ccccc7)c7c6sc6ccccc67)cc45)n3)c2)cc1. The van der Waals surface area contributed by atoms with Crippen LogP contribution in [0.2, 0.25) is 0 Å². The highest BCUT2D eigenvalue weighted by molar-refractivity contribution is 7.26. The van der Waals surface area contributed by atoms with E-state index in [0.29, 0.717) is 17.5 Å². The molecule has 0 aliphatic rings. The first-order valence-electron chi connectivity index (χ1n) is 18.7. The molecule has 0 radical (unpaired) electrons. The average Bonchev–Trinajstić information content (AvgIpc) is 3.85. The Morgan fingerprint density at radius 2 is 0.929 bits per heavy atom. The highest BCUT2D eigenvalue weighted by atomic mass is 32.1. The Balaban J connectivity index is 1.03. The third kappa shape index (κ3) is 5.56. The van der Waals surface area contributed by atoms with Gasteiger partial charge in [0, 0.05) is 47.6 Å². The molecule has 0 atom stereocenters.